The largest absolute Gasteiger partial charge is 0.444 e. The van der Waals surface area contributed by atoms with Crippen LogP contribution >= 0.6 is 27.5 Å². The molecule has 266 valence electrons. The Morgan fingerprint density at radius 3 is 2.15 bits per heavy atom. The Bertz CT molecular complexity index is 1150. The van der Waals surface area contributed by atoms with E-state index in [1.54, 1.807) is 37.8 Å². The summed E-state index contributed by atoms with van der Waals surface area (Å²) in [6, 6.07) is -2.04. The molecule has 1 rings (SSSR count). The van der Waals surface area contributed by atoms with Gasteiger partial charge in [-0.15, -0.1) is 13.2 Å². The number of rotatable bonds is 16. The number of likely N-dealkylation sites (tertiary alicyclic amines) is 1. The molecule has 12 heteroatoms. The number of amides is 4. The minimum Gasteiger partial charge on any atom is -0.444 e. The molecule has 0 spiro atoms. The number of nitrogens with zero attached hydrogens (tertiary/aromatic N) is 3. The smallest absolute Gasteiger partial charge is 0.410 e. The number of carbonyl (C=O) groups is 4. The molecular weight excluding hydrogens is 688 g/mol. The zero-order chi connectivity index (χ0) is 36.5. The van der Waals surface area contributed by atoms with Crippen LogP contribution in [0.1, 0.15) is 67.2 Å². The van der Waals surface area contributed by atoms with E-state index in [1.807, 2.05) is 0 Å². The van der Waals surface area contributed by atoms with E-state index in [0.29, 0.717) is 29.8 Å². The Morgan fingerprint density at radius 2 is 1.66 bits per heavy atom. The number of hydrogen-bond acceptors (Lipinski definition) is 6. The number of nitrogens with one attached hydrogen (secondary N) is 1. The van der Waals surface area contributed by atoms with Crippen molar-refractivity contribution in [1.29, 1.82) is 0 Å². The Hall–Kier alpha value is -2.89. The van der Waals surface area contributed by atoms with Crippen molar-refractivity contribution in [3.8, 4) is 0 Å². The summed E-state index contributed by atoms with van der Waals surface area (Å²) in [4.78, 5) is 57.3. The topological polar surface area (TPSA) is 108 Å². The fraction of sp³-hybridized carbons (Fsp3) is 0.600. The first-order valence-electron chi connectivity index (χ1n) is 15.8. The zero-order valence-corrected chi connectivity index (χ0v) is 31.9. The van der Waals surface area contributed by atoms with Gasteiger partial charge in [0, 0.05) is 36.6 Å². The lowest BCUT2D eigenvalue weighted by Gasteiger charge is -2.34. The molecule has 0 bridgehead atoms. The third kappa shape index (κ3) is 17.2. The summed E-state index contributed by atoms with van der Waals surface area (Å²) in [6.45, 7) is 27.5. The number of allylic oxidation sites excluding steroid dienone is 3. The Kier molecular flexibility index (Phi) is 20.5. The molecule has 0 aromatic rings. The normalized spacial score (nSPS) is 15.9. The third-order valence-electron chi connectivity index (χ3n) is 6.70. The summed E-state index contributed by atoms with van der Waals surface area (Å²) in [5, 5.41) is 2.84. The lowest BCUT2D eigenvalue weighted by atomic mass is 10.0. The van der Waals surface area contributed by atoms with Gasteiger partial charge in [0.15, 0.2) is 0 Å². The number of halogens is 2. The molecule has 1 saturated heterocycles. The fourth-order valence-corrected chi connectivity index (χ4v) is 4.86. The molecule has 47 heavy (non-hydrogen) atoms. The first-order chi connectivity index (χ1) is 21.8. The van der Waals surface area contributed by atoms with Crippen LogP contribution in [0.5, 0.6) is 0 Å². The molecule has 10 nitrogen and oxygen atoms in total. The van der Waals surface area contributed by atoms with Crippen LogP contribution in [0.15, 0.2) is 59.6 Å². The predicted molar refractivity (Wildman–Crippen MR) is 194 cm³/mol. The molecule has 1 fully saturated rings. The molecule has 1 heterocycles. The second kappa shape index (κ2) is 21.9. The van der Waals surface area contributed by atoms with E-state index in [0.717, 1.165) is 18.8 Å². The van der Waals surface area contributed by atoms with Crippen LogP contribution < -0.4 is 5.32 Å². The molecule has 0 aliphatic carbocycles. The van der Waals surface area contributed by atoms with Gasteiger partial charge in [0.05, 0.1) is 25.8 Å². The van der Waals surface area contributed by atoms with Gasteiger partial charge in [-0.05, 0) is 57.6 Å². The minimum atomic E-state index is -0.954. The standard InChI is InChI=1S/C31H46BrClN4O6.C4H10/c1-10-13-25(36(9)30(41)43-31(5,6)7)28(39)34-19-27(38)35(8)26(18-23(22(4)32)17-21(3)33)29(40)37-15-12-14-24(37)20-42-16-11-2;1-4(2)3/h10-11,17,24-26H,1-4,12-16,18-20H2,5-9H3,(H,34,39);4H,1-3H3/b23-17-;/t24?,25?,26-;/m0./s1. The van der Waals surface area contributed by atoms with Gasteiger partial charge in [0.25, 0.3) is 0 Å². The second-order valence-electron chi connectivity index (χ2n) is 13.0. The monoisotopic (exact) mass is 742 g/mol. The molecule has 0 radical (unpaired) electrons. The van der Waals surface area contributed by atoms with Crippen LogP contribution in [0.2, 0.25) is 0 Å². The van der Waals surface area contributed by atoms with E-state index in [-0.39, 0.29) is 29.8 Å². The van der Waals surface area contributed by atoms with Crippen molar-refractivity contribution in [3.63, 3.8) is 0 Å². The van der Waals surface area contributed by atoms with E-state index in [2.05, 4.69) is 68.3 Å². The summed E-state index contributed by atoms with van der Waals surface area (Å²) < 4.78 is 11.5. The average Bonchev–Trinajstić information content (AvgIpc) is 3.42. The van der Waals surface area contributed by atoms with Gasteiger partial charge in [0.2, 0.25) is 17.7 Å². The SMILES string of the molecule is C=CCOCC1CCCN1C(=O)[C@H](C/C(=C/C(=C)Cl)C(=C)Br)N(C)C(=O)CNC(=O)C(CC=C)N(C)C(=O)OC(C)(C)C.CC(C)C. The van der Waals surface area contributed by atoms with Gasteiger partial charge in [-0.2, -0.15) is 0 Å². The van der Waals surface area contributed by atoms with E-state index >= 15 is 0 Å². The molecule has 1 aliphatic rings. The zero-order valence-electron chi connectivity index (χ0n) is 29.6. The molecular formula is C35H56BrClN4O6. The number of ether oxygens (including phenoxy) is 2. The highest BCUT2D eigenvalue weighted by molar-refractivity contribution is 9.11. The van der Waals surface area contributed by atoms with Crippen LogP contribution in [0.3, 0.4) is 0 Å². The van der Waals surface area contributed by atoms with E-state index in [1.165, 1.54) is 30.0 Å². The molecule has 2 unspecified atom stereocenters. The van der Waals surface area contributed by atoms with Crippen molar-refractivity contribution < 1.29 is 28.7 Å². The van der Waals surface area contributed by atoms with Crippen molar-refractivity contribution in [2.24, 2.45) is 5.92 Å². The van der Waals surface area contributed by atoms with Crippen molar-refractivity contribution in [1.82, 2.24) is 20.0 Å². The van der Waals surface area contributed by atoms with Gasteiger partial charge in [-0.1, -0.05) is 73.6 Å². The molecule has 0 aromatic heterocycles. The fourth-order valence-electron chi connectivity index (χ4n) is 4.45. The number of carbonyl (C=O) groups excluding carboxylic acids is 4. The summed E-state index contributed by atoms with van der Waals surface area (Å²) in [5.74, 6) is -0.502. The van der Waals surface area contributed by atoms with Crippen LogP contribution in [-0.2, 0) is 23.9 Å². The summed E-state index contributed by atoms with van der Waals surface area (Å²) in [5.41, 5.74) is -0.165. The Morgan fingerprint density at radius 1 is 1.06 bits per heavy atom. The molecule has 1 aliphatic heterocycles. The molecule has 4 amide bonds. The molecule has 0 saturated carbocycles. The van der Waals surface area contributed by atoms with Crippen molar-refractivity contribution >= 4 is 51.3 Å². The highest BCUT2D eigenvalue weighted by atomic mass is 79.9. The van der Waals surface area contributed by atoms with Crippen LogP contribution in [0.25, 0.3) is 0 Å². The van der Waals surface area contributed by atoms with Crippen LogP contribution in [0.4, 0.5) is 4.79 Å². The minimum absolute atomic E-state index is 0.0993. The number of hydrogen-bond donors (Lipinski definition) is 1. The van der Waals surface area contributed by atoms with Crippen molar-refractivity contribution in [3.05, 3.63) is 59.6 Å². The van der Waals surface area contributed by atoms with Gasteiger partial charge in [0.1, 0.15) is 17.7 Å². The van der Waals surface area contributed by atoms with E-state index in [4.69, 9.17) is 21.1 Å². The molecule has 0 aromatic carbocycles. The first-order valence-corrected chi connectivity index (χ1v) is 16.9. The van der Waals surface area contributed by atoms with E-state index in [9.17, 15) is 19.2 Å². The first kappa shape index (κ1) is 44.1. The van der Waals surface area contributed by atoms with Crippen molar-refractivity contribution in [2.75, 3.05) is 40.4 Å². The van der Waals surface area contributed by atoms with Crippen LogP contribution in [0, 0.1) is 5.92 Å². The highest BCUT2D eigenvalue weighted by Crippen LogP contribution is 2.27. The lowest BCUT2D eigenvalue weighted by molar-refractivity contribution is -0.145. The third-order valence-corrected chi connectivity index (χ3v) is 7.32. The van der Waals surface area contributed by atoms with Gasteiger partial charge in [-0.25, -0.2) is 4.79 Å². The highest BCUT2D eigenvalue weighted by Gasteiger charge is 2.37. The maximum Gasteiger partial charge on any atom is 0.410 e. The number of likely N-dealkylation sites (N-methyl/N-ethyl adjacent to an activating group) is 2. The second-order valence-corrected chi connectivity index (χ2v) is 14.4. The van der Waals surface area contributed by atoms with Crippen molar-refractivity contribution in [2.45, 2.75) is 91.0 Å². The lowest BCUT2D eigenvalue weighted by Crippen LogP contribution is -2.54. The molecule has 3 atom stereocenters. The summed E-state index contributed by atoms with van der Waals surface area (Å²) >= 11 is 9.41. The maximum absolute atomic E-state index is 14.0. The summed E-state index contributed by atoms with van der Waals surface area (Å²) in [7, 11) is 2.95. The predicted octanol–water partition coefficient (Wildman–Crippen LogP) is 6.57. The Labute approximate surface area is 296 Å². The maximum atomic E-state index is 14.0. The van der Waals surface area contributed by atoms with Crippen LogP contribution in [-0.4, -0.2) is 103 Å². The van der Waals surface area contributed by atoms with Gasteiger partial charge >= 0.3 is 6.09 Å². The van der Waals surface area contributed by atoms with E-state index < -0.39 is 42.1 Å². The average molecular weight is 744 g/mol. The quantitative estimate of drug-likeness (QED) is 0.109. The summed E-state index contributed by atoms with van der Waals surface area (Å²) in [6.07, 6.45) is 5.86. The molecule has 1 N–H and O–H groups in total. The Balaban J connectivity index is 0.00000498. The van der Waals surface area contributed by atoms with Gasteiger partial charge in [-0.3, -0.25) is 19.3 Å². The van der Waals surface area contributed by atoms with Gasteiger partial charge < -0.3 is 24.6 Å².